The molecular weight excluding hydrogens is 234 g/mol. The van der Waals surface area contributed by atoms with Crippen molar-refractivity contribution in [1.29, 1.82) is 0 Å². The van der Waals surface area contributed by atoms with E-state index < -0.39 is 0 Å². The smallest absolute Gasteiger partial charge is 0.0644 e. The Bertz CT molecular complexity index is 528. The van der Waals surface area contributed by atoms with Crippen LogP contribution in [0, 0.1) is 13.8 Å². The molecule has 2 aromatic rings. The molecule has 1 atom stereocenters. The van der Waals surface area contributed by atoms with Crippen LogP contribution in [0.15, 0.2) is 30.3 Å². The van der Waals surface area contributed by atoms with Crippen LogP contribution >= 0.6 is 0 Å². The van der Waals surface area contributed by atoms with Crippen molar-refractivity contribution in [3.8, 4) is 0 Å². The van der Waals surface area contributed by atoms with Crippen molar-refractivity contribution < 1.29 is 0 Å². The second-order valence-electron chi connectivity index (χ2n) is 4.99. The largest absolute Gasteiger partial charge is 0.306 e. The summed E-state index contributed by atoms with van der Waals surface area (Å²) < 4.78 is 2.07. The van der Waals surface area contributed by atoms with Gasteiger partial charge in [0.15, 0.2) is 0 Å². The average Bonchev–Trinajstić information content (AvgIpc) is 2.72. The Morgan fingerprint density at radius 3 is 2.47 bits per heavy atom. The van der Waals surface area contributed by atoms with Crippen molar-refractivity contribution in [2.45, 2.75) is 46.8 Å². The first-order valence-electron chi connectivity index (χ1n) is 6.94. The van der Waals surface area contributed by atoms with E-state index in [1.54, 1.807) is 0 Å². The van der Waals surface area contributed by atoms with E-state index in [-0.39, 0.29) is 0 Å². The third kappa shape index (κ3) is 3.04. The van der Waals surface area contributed by atoms with E-state index in [4.69, 9.17) is 0 Å². The monoisotopic (exact) mass is 257 g/mol. The molecule has 3 heteroatoms. The predicted octanol–water partition coefficient (Wildman–Crippen LogP) is 3.37. The minimum Gasteiger partial charge on any atom is -0.306 e. The molecule has 0 fully saturated rings. The number of rotatable bonds is 5. The zero-order chi connectivity index (χ0) is 13.8. The molecule has 1 N–H and O–H groups in total. The summed E-state index contributed by atoms with van der Waals surface area (Å²) in [5.74, 6) is 0. The zero-order valence-corrected chi connectivity index (χ0v) is 12.3. The maximum Gasteiger partial charge on any atom is 0.0644 e. The molecule has 0 aliphatic carbocycles. The zero-order valence-electron chi connectivity index (χ0n) is 12.3. The van der Waals surface area contributed by atoms with Gasteiger partial charge in [-0.25, -0.2) is 0 Å². The third-order valence-electron chi connectivity index (χ3n) is 3.63. The van der Waals surface area contributed by atoms with E-state index in [0.717, 1.165) is 18.8 Å². The van der Waals surface area contributed by atoms with E-state index in [2.05, 4.69) is 67.1 Å². The summed E-state index contributed by atoms with van der Waals surface area (Å²) >= 11 is 0. The van der Waals surface area contributed by atoms with Crippen LogP contribution in [0.25, 0.3) is 0 Å². The van der Waals surface area contributed by atoms with Crippen LogP contribution in [-0.4, -0.2) is 9.78 Å². The molecule has 19 heavy (non-hydrogen) atoms. The summed E-state index contributed by atoms with van der Waals surface area (Å²) in [6.07, 6.45) is 0. The van der Waals surface area contributed by atoms with Gasteiger partial charge in [0.05, 0.1) is 5.69 Å². The quantitative estimate of drug-likeness (QED) is 0.890. The molecule has 1 unspecified atom stereocenters. The first kappa shape index (κ1) is 13.8. The molecule has 0 bridgehead atoms. The molecule has 0 aliphatic heterocycles. The number of benzene rings is 1. The summed E-state index contributed by atoms with van der Waals surface area (Å²) in [6, 6.07) is 10.8. The number of nitrogens with zero attached hydrogens (tertiary/aromatic N) is 2. The van der Waals surface area contributed by atoms with Gasteiger partial charge in [0.2, 0.25) is 0 Å². The van der Waals surface area contributed by atoms with Gasteiger partial charge in [0.1, 0.15) is 0 Å². The number of nitrogens with one attached hydrogen (secondary N) is 1. The van der Waals surface area contributed by atoms with E-state index in [1.807, 2.05) is 6.07 Å². The molecule has 0 amide bonds. The summed E-state index contributed by atoms with van der Waals surface area (Å²) in [5.41, 5.74) is 5.05. The number of aromatic nitrogens is 2. The Morgan fingerprint density at radius 1 is 1.21 bits per heavy atom. The van der Waals surface area contributed by atoms with Crippen molar-refractivity contribution in [2.75, 3.05) is 0 Å². The topological polar surface area (TPSA) is 29.9 Å². The lowest BCUT2D eigenvalue weighted by molar-refractivity contribution is 0.566. The van der Waals surface area contributed by atoms with Gasteiger partial charge >= 0.3 is 0 Å². The number of hydrogen-bond donors (Lipinski definition) is 1. The lowest BCUT2D eigenvalue weighted by atomic mass is 10.1. The highest BCUT2D eigenvalue weighted by atomic mass is 15.3. The Kier molecular flexibility index (Phi) is 4.38. The van der Waals surface area contributed by atoms with Gasteiger partial charge in [0.25, 0.3) is 0 Å². The molecular formula is C16H23N3. The highest BCUT2D eigenvalue weighted by molar-refractivity contribution is 5.28. The molecule has 2 rings (SSSR count). The predicted molar refractivity (Wildman–Crippen MR) is 79.1 cm³/mol. The van der Waals surface area contributed by atoms with E-state index in [9.17, 15) is 0 Å². The summed E-state index contributed by atoms with van der Waals surface area (Å²) in [7, 11) is 0. The Balaban J connectivity index is 2.08. The third-order valence-corrected chi connectivity index (χ3v) is 3.63. The van der Waals surface area contributed by atoms with Crippen LogP contribution in [0.1, 0.15) is 42.4 Å². The van der Waals surface area contributed by atoms with Gasteiger partial charge in [-0.05, 0) is 33.3 Å². The normalized spacial score (nSPS) is 12.6. The van der Waals surface area contributed by atoms with Crippen molar-refractivity contribution in [3.63, 3.8) is 0 Å². The van der Waals surface area contributed by atoms with Gasteiger partial charge in [-0.1, -0.05) is 30.3 Å². The minimum absolute atomic E-state index is 0.320. The molecule has 0 saturated carbocycles. The second-order valence-corrected chi connectivity index (χ2v) is 4.99. The van der Waals surface area contributed by atoms with Crippen molar-refractivity contribution in [1.82, 2.24) is 15.1 Å². The lowest BCUT2D eigenvalue weighted by Crippen LogP contribution is -2.19. The van der Waals surface area contributed by atoms with Crippen molar-refractivity contribution in [3.05, 3.63) is 52.8 Å². The average molecular weight is 257 g/mol. The highest BCUT2D eigenvalue weighted by Gasteiger charge is 2.16. The summed E-state index contributed by atoms with van der Waals surface area (Å²) in [5, 5.41) is 8.16. The van der Waals surface area contributed by atoms with E-state index in [1.165, 1.54) is 16.8 Å². The van der Waals surface area contributed by atoms with Crippen LogP contribution in [-0.2, 0) is 13.1 Å². The maximum absolute atomic E-state index is 4.58. The molecule has 1 aromatic carbocycles. The van der Waals surface area contributed by atoms with Crippen LogP contribution in [0.3, 0.4) is 0 Å². The number of aryl methyl sites for hydroxylation is 2. The molecule has 102 valence electrons. The van der Waals surface area contributed by atoms with Crippen molar-refractivity contribution in [2.24, 2.45) is 0 Å². The Hall–Kier alpha value is -1.61. The molecule has 0 saturated heterocycles. The van der Waals surface area contributed by atoms with Gasteiger partial charge in [0, 0.05) is 30.4 Å². The second kappa shape index (κ2) is 6.02. The summed E-state index contributed by atoms with van der Waals surface area (Å²) in [6.45, 7) is 10.4. The molecule has 1 aromatic heterocycles. The fourth-order valence-electron chi connectivity index (χ4n) is 2.61. The molecule has 0 aliphatic rings. The maximum atomic E-state index is 4.58. The SMILES string of the molecule is CCn1nc(C)c(C(C)NCc2ccccc2)c1C. The Morgan fingerprint density at radius 2 is 1.89 bits per heavy atom. The van der Waals surface area contributed by atoms with Crippen molar-refractivity contribution >= 4 is 0 Å². The highest BCUT2D eigenvalue weighted by Crippen LogP contribution is 2.21. The van der Waals surface area contributed by atoms with Gasteiger partial charge < -0.3 is 5.32 Å². The molecule has 0 radical (unpaired) electrons. The molecule has 1 heterocycles. The molecule has 3 nitrogen and oxygen atoms in total. The fraction of sp³-hybridized carbons (Fsp3) is 0.438. The van der Waals surface area contributed by atoms with Gasteiger partial charge in [-0.3, -0.25) is 4.68 Å². The van der Waals surface area contributed by atoms with Crippen LogP contribution in [0.2, 0.25) is 0 Å². The van der Waals surface area contributed by atoms with Gasteiger partial charge in [-0.15, -0.1) is 0 Å². The van der Waals surface area contributed by atoms with Crippen LogP contribution in [0.4, 0.5) is 0 Å². The fourth-order valence-corrected chi connectivity index (χ4v) is 2.61. The van der Waals surface area contributed by atoms with E-state index in [0.29, 0.717) is 6.04 Å². The minimum atomic E-state index is 0.320. The van der Waals surface area contributed by atoms with Crippen LogP contribution < -0.4 is 5.32 Å². The summed E-state index contributed by atoms with van der Waals surface area (Å²) in [4.78, 5) is 0. The number of hydrogen-bond acceptors (Lipinski definition) is 2. The molecule has 0 spiro atoms. The van der Waals surface area contributed by atoms with Gasteiger partial charge in [-0.2, -0.15) is 5.10 Å². The first-order valence-corrected chi connectivity index (χ1v) is 6.94. The Labute approximate surface area is 115 Å². The van der Waals surface area contributed by atoms with Crippen LogP contribution in [0.5, 0.6) is 0 Å². The van der Waals surface area contributed by atoms with E-state index >= 15 is 0 Å². The first-order chi connectivity index (χ1) is 9.13. The lowest BCUT2D eigenvalue weighted by Gasteiger charge is -2.15. The standard InChI is InChI=1S/C16H23N3/c1-5-19-14(4)16(13(3)18-19)12(2)17-11-15-9-7-6-8-10-15/h6-10,12,17H,5,11H2,1-4H3.